The molecule has 0 aliphatic carbocycles. The number of esters is 1. The molecule has 1 fully saturated rings. The van der Waals surface area contributed by atoms with Crippen LogP contribution in [0.25, 0.3) is 0 Å². The van der Waals surface area contributed by atoms with Gasteiger partial charge in [-0.15, -0.1) is 0 Å². The number of carbonyl (C=O) groups excluding carboxylic acids is 2. The van der Waals surface area contributed by atoms with E-state index in [-0.39, 0.29) is 13.0 Å². The number of nitrogens with zero attached hydrogens (tertiary/aromatic N) is 1. The van der Waals surface area contributed by atoms with Crippen LogP contribution in [0, 0.1) is 0 Å². The van der Waals surface area contributed by atoms with E-state index in [1.54, 1.807) is 20.8 Å². The van der Waals surface area contributed by atoms with Crippen LogP contribution in [0.1, 0.15) is 27.2 Å². The monoisotopic (exact) mass is 323 g/mol. The average Bonchev–Trinajstić information content (AvgIpc) is 2.67. The number of hydrogen-bond donors (Lipinski definition) is 0. The van der Waals surface area contributed by atoms with Crippen LogP contribution in [-0.4, -0.2) is 63.0 Å². The molecule has 1 aliphatic rings. The van der Waals surface area contributed by atoms with Gasteiger partial charge in [-0.05, 0) is 20.8 Å². The van der Waals surface area contributed by atoms with Crippen LogP contribution >= 0.6 is 0 Å². The number of rotatable bonds is 3. The Kier molecular flexibility index (Phi) is 5.21. The highest BCUT2D eigenvalue weighted by molar-refractivity contribution is 7.86. The van der Waals surface area contributed by atoms with E-state index >= 15 is 0 Å². The molecule has 1 rings (SSSR count). The minimum Gasteiger partial charge on any atom is -0.467 e. The first kappa shape index (κ1) is 17.7. The lowest BCUT2D eigenvalue weighted by Crippen LogP contribution is -2.44. The van der Waals surface area contributed by atoms with Gasteiger partial charge < -0.3 is 9.47 Å². The van der Waals surface area contributed by atoms with Gasteiger partial charge in [-0.2, -0.15) is 8.42 Å². The lowest BCUT2D eigenvalue weighted by Gasteiger charge is -2.27. The minimum atomic E-state index is -3.68. The van der Waals surface area contributed by atoms with E-state index < -0.39 is 39.9 Å². The molecule has 0 aromatic rings. The zero-order valence-electron chi connectivity index (χ0n) is 12.8. The molecule has 1 aliphatic heterocycles. The Morgan fingerprint density at radius 3 is 2.24 bits per heavy atom. The highest BCUT2D eigenvalue weighted by Gasteiger charge is 2.43. The Hall–Kier alpha value is -1.35. The van der Waals surface area contributed by atoms with Crippen molar-refractivity contribution in [1.82, 2.24) is 4.90 Å². The number of carbonyl (C=O) groups is 2. The minimum absolute atomic E-state index is 0.0407. The van der Waals surface area contributed by atoms with Crippen LogP contribution in [-0.2, 0) is 28.6 Å². The second-order valence-electron chi connectivity index (χ2n) is 5.83. The first-order valence-electron chi connectivity index (χ1n) is 6.38. The third kappa shape index (κ3) is 5.50. The van der Waals surface area contributed by atoms with Crippen molar-refractivity contribution in [3.63, 3.8) is 0 Å². The molecule has 2 atom stereocenters. The van der Waals surface area contributed by atoms with Crippen LogP contribution in [0.3, 0.4) is 0 Å². The van der Waals surface area contributed by atoms with Crippen LogP contribution in [0.15, 0.2) is 0 Å². The van der Waals surface area contributed by atoms with Crippen molar-refractivity contribution in [3.8, 4) is 0 Å². The largest absolute Gasteiger partial charge is 0.467 e. The van der Waals surface area contributed by atoms with Gasteiger partial charge >= 0.3 is 12.1 Å². The topological polar surface area (TPSA) is 99.2 Å². The van der Waals surface area contributed by atoms with Gasteiger partial charge in [0.2, 0.25) is 0 Å². The summed E-state index contributed by atoms with van der Waals surface area (Å²) >= 11 is 0. The molecule has 1 amide bonds. The highest BCUT2D eigenvalue weighted by atomic mass is 32.2. The van der Waals surface area contributed by atoms with Crippen molar-refractivity contribution in [3.05, 3.63) is 0 Å². The predicted octanol–water partition coefficient (Wildman–Crippen LogP) is 0.514. The fraction of sp³-hybridized carbons (Fsp3) is 0.833. The quantitative estimate of drug-likeness (QED) is 0.551. The molecular weight excluding hydrogens is 302 g/mol. The predicted molar refractivity (Wildman–Crippen MR) is 73.1 cm³/mol. The molecule has 0 aromatic carbocycles. The maximum Gasteiger partial charge on any atom is 0.411 e. The highest BCUT2D eigenvalue weighted by Crippen LogP contribution is 2.25. The zero-order chi connectivity index (χ0) is 16.4. The summed E-state index contributed by atoms with van der Waals surface area (Å²) in [6.07, 6.45) is -0.552. The van der Waals surface area contributed by atoms with Gasteiger partial charge in [-0.1, -0.05) is 0 Å². The van der Waals surface area contributed by atoms with Crippen molar-refractivity contribution in [1.29, 1.82) is 0 Å². The van der Waals surface area contributed by atoms with Crippen molar-refractivity contribution in [2.75, 3.05) is 19.9 Å². The molecule has 9 heteroatoms. The van der Waals surface area contributed by atoms with Gasteiger partial charge in [0.1, 0.15) is 11.6 Å². The molecule has 0 radical (unpaired) electrons. The summed E-state index contributed by atoms with van der Waals surface area (Å²) in [5, 5.41) is 0. The van der Waals surface area contributed by atoms with E-state index in [4.69, 9.17) is 8.92 Å². The molecule has 122 valence electrons. The number of likely N-dealkylation sites (tertiary alicyclic amines) is 1. The van der Waals surface area contributed by atoms with Gasteiger partial charge in [-0.3, -0.25) is 9.08 Å². The first-order valence-corrected chi connectivity index (χ1v) is 8.20. The first-order chi connectivity index (χ1) is 9.43. The number of ether oxygens (including phenoxy) is 2. The molecule has 0 bridgehead atoms. The van der Waals surface area contributed by atoms with E-state index in [9.17, 15) is 18.0 Å². The van der Waals surface area contributed by atoms with Gasteiger partial charge in [0, 0.05) is 6.42 Å². The normalized spacial score (nSPS) is 23.0. The molecule has 8 nitrogen and oxygen atoms in total. The number of methoxy groups -OCH3 is 1. The van der Waals surface area contributed by atoms with Crippen LogP contribution in [0.5, 0.6) is 0 Å². The Morgan fingerprint density at radius 2 is 1.81 bits per heavy atom. The Balaban J connectivity index is 2.88. The summed E-state index contributed by atoms with van der Waals surface area (Å²) < 4.78 is 37.0. The third-order valence-corrected chi connectivity index (χ3v) is 3.30. The summed E-state index contributed by atoms with van der Waals surface area (Å²) in [5.41, 5.74) is -0.729. The molecule has 0 N–H and O–H groups in total. The summed E-state index contributed by atoms with van der Waals surface area (Å²) in [7, 11) is -2.48. The van der Waals surface area contributed by atoms with E-state index in [2.05, 4.69) is 4.74 Å². The zero-order valence-corrected chi connectivity index (χ0v) is 13.6. The molecule has 0 aromatic heterocycles. The van der Waals surface area contributed by atoms with Crippen LogP contribution in [0.4, 0.5) is 4.79 Å². The molecule has 21 heavy (non-hydrogen) atoms. The van der Waals surface area contributed by atoms with Crippen molar-refractivity contribution in [2.24, 2.45) is 0 Å². The van der Waals surface area contributed by atoms with E-state index in [1.165, 1.54) is 7.11 Å². The Labute approximate surface area is 124 Å². The Bertz CT molecular complexity index is 508. The average molecular weight is 323 g/mol. The maximum absolute atomic E-state index is 12.1. The molecule has 1 heterocycles. The fourth-order valence-corrected chi connectivity index (χ4v) is 2.63. The summed E-state index contributed by atoms with van der Waals surface area (Å²) in [6, 6.07) is -0.920. The summed E-state index contributed by atoms with van der Waals surface area (Å²) in [6.45, 7) is 5.03. The van der Waals surface area contributed by atoms with Crippen molar-refractivity contribution < 1.29 is 31.7 Å². The molecule has 0 spiro atoms. The number of hydrogen-bond acceptors (Lipinski definition) is 7. The van der Waals surface area contributed by atoms with Crippen LogP contribution in [0.2, 0.25) is 0 Å². The fourth-order valence-electron chi connectivity index (χ4n) is 2.00. The van der Waals surface area contributed by atoms with E-state index in [1.807, 2.05) is 0 Å². The summed E-state index contributed by atoms with van der Waals surface area (Å²) in [5.74, 6) is -0.638. The molecule has 1 saturated heterocycles. The van der Waals surface area contributed by atoms with E-state index in [0.29, 0.717) is 0 Å². The molecule has 0 saturated carbocycles. The lowest BCUT2D eigenvalue weighted by molar-refractivity contribution is -0.145. The van der Waals surface area contributed by atoms with Crippen molar-refractivity contribution >= 4 is 22.2 Å². The molecular formula is C12H21NO7S. The number of amides is 1. The Morgan fingerprint density at radius 1 is 1.24 bits per heavy atom. The third-order valence-electron chi connectivity index (χ3n) is 2.67. The lowest BCUT2D eigenvalue weighted by atomic mass is 10.2. The van der Waals surface area contributed by atoms with E-state index in [0.717, 1.165) is 11.2 Å². The molecule has 0 unspecified atom stereocenters. The van der Waals surface area contributed by atoms with Crippen molar-refractivity contribution in [2.45, 2.75) is 44.9 Å². The van der Waals surface area contributed by atoms with Crippen LogP contribution < -0.4 is 0 Å². The standard InChI is InChI=1S/C12H21NO7S/c1-12(2,3)19-11(15)13-7-8(20-21(5,16)17)6-9(13)10(14)18-4/h8-9H,6-7H2,1-5H3/t8-,9+/m0/s1. The smallest absolute Gasteiger partial charge is 0.411 e. The summed E-state index contributed by atoms with van der Waals surface area (Å²) in [4.78, 5) is 25.0. The van der Waals surface area contributed by atoms with Gasteiger partial charge in [-0.25, -0.2) is 9.59 Å². The SMILES string of the molecule is COC(=O)[C@H]1C[C@H](OS(C)(=O)=O)CN1C(=O)OC(C)(C)C. The second kappa shape index (κ2) is 6.18. The second-order valence-corrected chi connectivity index (χ2v) is 7.43. The van der Waals surface area contributed by atoms with Gasteiger partial charge in [0.25, 0.3) is 10.1 Å². The maximum atomic E-state index is 12.1. The van der Waals surface area contributed by atoms with Gasteiger partial charge in [0.15, 0.2) is 0 Å². The van der Waals surface area contributed by atoms with Gasteiger partial charge in [0.05, 0.1) is 26.0 Å².